The van der Waals surface area contributed by atoms with Gasteiger partial charge in [0.05, 0.1) is 13.2 Å². The molecule has 0 aromatic heterocycles. The quantitative estimate of drug-likeness (QED) is 0.699. The first-order valence-electron chi connectivity index (χ1n) is 7.95. The third-order valence-corrected chi connectivity index (χ3v) is 4.71. The van der Waals surface area contributed by atoms with Crippen molar-refractivity contribution >= 4 is 40.5 Å². The molecule has 134 valence electrons. The van der Waals surface area contributed by atoms with E-state index >= 15 is 0 Å². The fraction of sp³-hybridized carbons (Fsp3) is 0.158. The molecule has 1 fully saturated rings. The minimum atomic E-state index is -0.594. The number of nitrogens with one attached hydrogen (secondary N) is 3. The van der Waals surface area contributed by atoms with Crippen LogP contribution in [0.2, 0.25) is 5.02 Å². The summed E-state index contributed by atoms with van der Waals surface area (Å²) in [6.45, 7) is 3.98. The van der Waals surface area contributed by atoms with Crippen LogP contribution in [0.5, 0.6) is 5.75 Å². The van der Waals surface area contributed by atoms with Gasteiger partial charge in [-0.1, -0.05) is 36.4 Å². The molecule has 2 aromatic carbocycles. The maximum absolute atomic E-state index is 13.0. The number of carbonyl (C=O) groups excluding carboxylic acids is 1. The van der Waals surface area contributed by atoms with Gasteiger partial charge in [0, 0.05) is 16.4 Å². The Labute approximate surface area is 162 Å². The van der Waals surface area contributed by atoms with Crippen molar-refractivity contribution in [2.45, 2.75) is 6.04 Å². The molecule has 3 N–H and O–H groups in total. The first-order valence-corrected chi connectivity index (χ1v) is 8.74. The molecule has 0 aliphatic carbocycles. The molecule has 1 aliphatic rings. The minimum absolute atomic E-state index is 0.215. The zero-order valence-corrected chi connectivity index (χ0v) is 15.7. The number of carbonyl (C=O) groups is 1. The molecule has 1 amide bonds. The SMILES string of the molecule is C=C1NC(=S)N[C@@H](c2ccccc2Cl)[C@@H]1C(=O)Nc1ccc(OC)cc1. The van der Waals surface area contributed by atoms with Crippen LogP contribution in [0.1, 0.15) is 11.6 Å². The molecular formula is C19H18ClN3O2S. The molecule has 0 spiro atoms. The summed E-state index contributed by atoms with van der Waals surface area (Å²) in [4.78, 5) is 13.0. The summed E-state index contributed by atoms with van der Waals surface area (Å²) < 4.78 is 5.13. The Balaban J connectivity index is 1.88. The molecule has 1 heterocycles. The van der Waals surface area contributed by atoms with Gasteiger partial charge in [0.15, 0.2) is 5.11 Å². The molecule has 0 unspecified atom stereocenters. The fourth-order valence-electron chi connectivity index (χ4n) is 2.87. The van der Waals surface area contributed by atoms with Gasteiger partial charge in [-0.3, -0.25) is 4.79 Å². The van der Waals surface area contributed by atoms with Crippen LogP contribution >= 0.6 is 23.8 Å². The molecule has 2 atom stereocenters. The van der Waals surface area contributed by atoms with Crippen LogP contribution in [-0.2, 0) is 4.79 Å². The topological polar surface area (TPSA) is 62.4 Å². The molecule has 2 aromatic rings. The van der Waals surface area contributed by atoms with E-state index in [0.717, 1.165) is 5.56 Å². The number of benzene rings is 2. The first kappa shape index (κ1) is 18.2. The number of rotatable bonds is 4. The Morgan fingerprint density at radius 2 is 1.92 bits per heavy atom. The monoisotopic (exact) mass is 387 g/mol. The second-order valence-corrected chi connectivity index (χ2v) is 6.63. The molecule has 0 saturated carbocycles. The average molecular weight is 388 g/mol. The number of amides is 1. The number of halogens is 1. The number of hydrogen-bond donors (Lipinski definition) is 3. The van der Waals surface area contributed by atoms with Gasteiger partial charge in [0.25, 0.3) is 0 Å². The van der Waals surface area contributed by atoms with Crippen LogP contribution in [0.3, 0.4) is 0 Å². The zero-order chi connectivity index (χ0) is 18.7. The highest BCUT2D eigenvalue weighted by Gasteiger charge is 2.37. The minimum Gasteiger partial charge on any atom is -0.497 e. The lowest BCUT2D eigenvalue weighted by atomic mass is 9.88. The largest absolute Gasteiger partial charge is 0.497 e. The van der Waals surface area contributed by atoms with Gasteiger partial charge < -0.3 is 20.7 Å². The molecule has 26 heavy (non-hydrogen) atoms. The number of methoxy groups -OCH3 is 1. The molecule has 0 radical (unpaired) electrons. The summed E-state index contributed by atoms with van der Waals surface area (Å²) in [5.41, 5.74) is 1.97. The van der Waals surface area contributed by atoms with Crippen molar-refractivity contribution in [3.63, 3.8) is 0 Å². The van der Waals surface area contributed by atoms with E-state index in [1.165, 1.54) is 0 Å². The van der Waals surface area contributed by atoms with Crippen molar-refractivity contribution in [2.75, 3.05) is 12.4 Å². The van der Waals surface area contributed by atoms with Gasteiger partial charge in [-0.2, -0.15) is 0 Å². The Bertz CT molecular complexity index is 854. The molecule has 7 heteroatoms. The van der Waals surface area contributed by atoms with Crippen LogP contribution < -0.4 is 20.7 Å². The number of thiocarbonyl (C=S) groups is 1. The van der Waals surface area contributed by atoms with E-state index in [-0.39, 0.29) is 5.91 Å². The second kappa shape index (κ2) is 7.76. The van der Waals surface area contributed by atoms with Crippen LogP contribution in [-0.4, -0.2) is 18.1 Å². The maximum Gasteiger partial charge on any atom is 0.235 e. The summed E-state index contributed by atoms with van der Waals surface area (Å²) in [5.74, 6) is -0.0935. The predicted octanol–water partition coefficient (Wildman–Crippen LogP) is 3.64. The summed E-state index contributed by atoms with van der Waals surface area (Å²) in [7, 11) is 1.59. The summed E-state index contributed by atoms with van der Waals surface area (Å²) in [6, 6.07) is 14.1. The van der Waals surface area contributed by atoms with Gasteiger partial charge in [-0.05, 0) is 48.1 Å². The second-order valence-electron chi connectivity index (χ2n) is 5.82. The zero-order valence-electron chi connectivity index (χ0n) is 14.1. The third kappa shape index (κ3) is 3.81. The lowest BCUT2D eigenvalue weighted by Crippen LogP contribution is -2.51. The van der Waals surface area contributed by atoms with E-state index in [9.17, 15) is 4.79 Å². The van der Waals surface area contributed by atoms with Crippen LogP contribution in [0, 0.1) is 5.92 Å². The normalized spacial score (nSPS) is 19.3. The van der Waals surface area contributed by atoms with E-state index in [4.69, 9.17) is 28.6 Å². The lowest BCUT2D eigenvalue weighted by molar-refractivity contribution is -0.119. The van der Waals surface area contributed by atoms with Gasteiger partial charge in [0.2, 0.25) is 5.91 Å². The van der Waals surface area contributed by atoms with Gasteiger partial charge >= 0.3 is 0 Å². The first-order chi connectivity index (χ1) is 12.5. The lowest BCUT2D eigenvalue weighted by Gasteiger charge is -2.35. The maximum atomic E-state index is 13.0. The van der Waals surface area contributed by atoms with E-state index < -0.39 is 12.0 Å². The van der Waals surface area contributed by atoms with E-state index in [1.807, 2.05) is 18.2 Å². The van der Waals surface area contributed by atoms with E-state index in [1.54, 1.807) is 37.4 Å². The third-order valence-electron chi connectivity index (χ3n) is 4.15. The van der Waals surface area contributed by atoms with Crippen molar-refractivity contribution in [3.8, 4) is 5.75 Å². The number of hydrogen-bond acceptors (Lipinski definition) is 3. The van der Waals surface area contributed by atoms with Crippen molar-refractivity contribution in [2.24, 2.45) is 5.92 Å². The van der Waals surface area contributed by atoms with Crippen LogP contribution in [0.4, 0.5) is 5.69 Å². The Hall–Kier alpha value is -2.57. The van der Waals surface area contributed by atoms with Crippen molar-refractivity contribution < 1.29 is 9.53 Å². The Morgan fingerprint density at radius 3 is 2.58 bits per heavy atom. The molecule has 1 aliphatic heterocycles. The summed E-state index contributed by atoms with van der Waals surface area (Å²) in [5, 5.41) is 9.94. The Kier molecular flexibility index (Phi) is 5.44. The van der Waals surface area contributed by atoms with E-state index in [0.29, 0.717) is 27.3 Å². The molecule has 3 rings (SSSR count). The predicted molar refractivity (Wildman–Crippen MR) is 107 cm³/mol. The number of anilines is 1. The Morgan fingerprint density at radius 1 is 1.23 bits per heavy atom. The molecule has 1 saturated heterocycles. The van der Waals surface area contributed by atoms with Crippen molar-refractivity contribution in [3.05, 3.63) is 71.4 Å². The standard InChI is InChI=1S/C19H18ClN3O2S/c1-11-16(18(24)22-12-7-9-13(25-2)10-8-12)17(23-19(26)21-11)14-5-3-4-6-15(14)20/h3-10,16-17H,1H2,2H3,(H,22,24)(H2,21,23,26)/t16-,17+/m1/s1. The van der Waals surface area contributed by atoms with E-state index in [2.05, 4.69) is 22.5 Å². The number of ether oxygens (including phenoxy) is 1. The van der Waals surface area contributed by atoms with Crippen molar-refractivity contribution in [1.29, 1.82) is 0 Å². The van der Waals surface area contributed by atoms with Gasteiger partial charge in [-0.15, -0.1) is 0 Å². The average Bonchev–Trinajstić information content (AvgIpc) is 2.62. The smallest absolute Gasteiger partial charge is 0.235 e. The van der Waals surface area contributed by atoms with Gasteiger partial charge in [0.1, 0.15) is 11.7 Å². The van der Waals surface area contributed by atoms with Crippen molar-refractivity contribution in [1.82, 2.24) is 10.6 Å². The summed E-state index contributed by atoms with van der Waals surface area (Å²) >= 11 is 11.6. The molecule has 0 bridgehead atoms. The highest BCUT2D eigenvalue weighted by Crippen LogP contribution is 2.34. The highest BCUT2D eigenvalue weighted by atomic mass is 35.5. The fourth-order valence-corrected chi connectivity index (χ4v) is 3.39. The summed E-state index contributed by atoms with van der Waals surface area (Å²) in [6.07, 6.45) is 0. The highest BCUT2D eigenvalue weighted by molar-refractivity contribution is 7.80. The molecule has 5 nitrogen and oxygen atoms in total. The van der Waals surface area contributed by atoms with Gasteiger partial charge in [-0.25, -0.2) is 0 Å². The van der Waals surface area contributed by atoms with Crippen LogP contribution in [0.15, 0.2) is 60.8 Å². The van der Waals surface area contributed by atoms with Crippen LogP contribution in [0.25, 0.3) is 0 Å². The molecular weight excluding hydrogens is 370 g/mol.